The van der Waals surface area contributed by atoms with Gasteiger partial charge in [-0.25, -0.2) is 9.83 Å². The Labute approximate surface area is 170 Å². The van der Waals surface area contributed by atoms with Crippen LogP contribution in [0.4, 0.5) is 5.69 Å². The Bertz CT molecular complexity index is 1090. The third-order valence-electron chi connectivity index (χ3n) is 5.56. The maximum absolute atomic E-state index is 13.3. The van der Waals surface area contributed by atoms with Crippen LogP contribution in [0.5, 0.6) is 5.88 Å². The number of aromatic nitrogens is 2. The van der Waals surface area contributed by atoms with Gasteiger partial charge in [0.1, 0.15) is 5.52 Å². The fraction of sp³-hybridized carbons (Fsp3) is 0.348. The molecule has 0 amide bonds. The van der Waals surface area contributed by atoms with Crippen LogP contribution in [0.3, 0.4) is 0 Å². The van der Waals surface area contributed by atoms with E-state index in [1.54, 1.807) is 19.2 Å². The molecule has 1 fully saturated rings. The SMILES string of the molecule is [C-]#[N+]c1ccc(-n2c(C)c(C(=O)CN3CCCCC3)c3nc(OC)ccc32)cc1. The van der Waals surface area contributed by atoms with Crippen molar-refractivity contribution in [2.24, 2.45) is 0 Å². The number of benzene rings is 1. The Balaban J connectivity index is 1.83. The lowest BCUT2D eigenvalue weighted by Crippen LogP contribution is -2.34. The first-order valence-corrected chi connectivity index (χ1v) is 9.92. The topological polar surface area (TPSA) is 51.7 Å². The monoisotopic (exact) mass is 388 g/mol. The molecule has 2 aromatic heterocycles. The maximum atomic E-state index is 13.3. The molecule has 0 radical (unpaired) electrons. The molecule has 0 saturated carbocycles. The first kappa shape index (κ1) is 19.2. The summed E-state index contributed by atoms with van der Waals surface area (Å²) in [5.74, 6) is 0.580. The Morgan fingerprint density at radius 3 is 2.52 bits per heavy atom. The molecule has 4 rings (SSSR count). The van der Waals surface area contributed by atoms with Crippen LogP contribution in [-0.4, -0.2) is 47.0 Å². The van der Waals surface area contributed by atoms with Gasteiger partial charge in [0.15, 0.2) is 11.5 Å². The average Bonchev–Trinajstić information content (AvgIpc) is 3.05. The minimum Gasteiger partial charge on any atom is -0.481 e. The predicted molar refractivity (Wildman–Crippen MR) is 113 cm³/mol. The van der Waals surface area contributed by atoms with Crippen LogP contribution in [0, 0.1) is 13.5 Å². The summed E-state index contributed by atoms with van der Waals surface area (Å²) in [6, 6.07) is 11.1. The standard InChI is InChI=1S/C23H24N4O2/c1-16-22(20(28)15-26-13-5-4-6-14-26)23-19(11-12-21(25-23)29-3)27(16)18-9-7-17(24-2)8-10-18/h7-12H,4-6,13-15H2,1,3H3. The van der Waals surface area contributed by atoms with Gasteiger partial charge in [0.25, 0.3) is 0 Å². The van der Waals surface area contributed by atoms with Crippen LogP contribution in [0.2, 0.25) is 0 Å². The normalized spacial score (nSPS) is 14.7. The number of pyridine rings is 1. The number of methoxy groups -OCH3 is 1. The summed E-state index contributed by atoms with van der Waals surface area (Å²) >= 11 is 0. The number of rotatable bonds is 5. The minimum absolute atomic E-state index is 0.0895. The van der Waals surface area contributed by atoms with E-state index >= 15 is 0 Å². The van der Waals surface area contributed by atoms with Crippen LogP contribution in [0.1, 0.15) is 35.3 Å². The average molecular weight is 388 g/mol. The van der Waals surface area contributed by atoms with Gasteiger partial charge in [-0.05, 0) is 51.1 Å². The summed E-state index contributed by atoms with van der Waals surface area (Å²) in [5, 5.41) is 0. The Kier molecular flexibility index (Phi) is 5.32. The predicted octanol–water partition coefficient (Wildman–Crippen LogP) is 4.56. The molecule has 1 aliphatic heterocycles. The Hall–Kier alpha value is -3.17. The fourth-order valence-corrected chi connectivity index (χ4v) is 4.12. The van der Waals surface area contributed by atoms with Gasteiger partial charge in [-0.1, -0.05) is 18.6 Å². The molecule has 29 heavy (non-hydrogen) atoms. The van der Waals surface area contributed by atoms with Crippen LogP contribution < -0.4 is 4.74 Å². The van der Waals surface area contributed by atoms with E-state index in [0.29, 0.717) is 29.2 Å². The van der Waals surface area contributed by atoms with Gasteiger partial charge in [0.05, 0.1) is 31.3 Å². The van der Waals surface area contributed by atoms with Crippen LogP contribution in [0.15, 0.2) is 36.4 Å². The maximum Gasteiger partial charge on any atom is 0.213 e. The fourth-order valence-electron chi connectivity index (χ4n) is 4.12. The summed E-state index contributed by atoms with van der Waals surface area (Å²) in [6.07, 6.45) is 3.53. The van der Waals surface area contributed by atoms with Crippen molar-refractivity contribution in [3.05, 3.63) is 59.1 Å². The van der Waals surface area contributed by atoms with Gasteiger partial charge in [-0.2, -0.15) is 0 Å². The molecule has 0 aliphatic carbocycles. The molecule has 6 heteroatoms. The van der Waals surface area contributed by atoms with E-state index in [9.17, 15) is 4.79 Å². The van der Waals surface area contributed by atoms with Gasteiger partial charge in [0.2, 0.25) is 5.88 Å². The molecule has 0 unspecified atom stereocenters. The lowest BCUT2D eigenvalue weighted by atomic mass is 10.1. The van der Waals surface area contributed by atoms with Gasteiger partial charge in [-0.15, -0.1) is 0 Å². The molecule has 1 aliphatic rings. The molecule has 148 valence electrons. The number of carbonyl (C=O) groups excluding carboxylic acids is 1. The van der Waals surface area contributed by atoms with Crippen LogP contribution >= 0.6 is 0 Å². The van der Waals surface area contributed by atoms with Crippen molar-refractivity contribution in [3.8, 4) is 11.6 Å². The van der Waals surface area contributed by atoms with Crippen LogP contribution in [0.25, 0.3) is 21.6 Å². The largest absolute Gasteiger partial charge is 0.481 e. The van der Waals surface area contributed by atoms with E-state index in [1.807, 2.05) is 35.8 Å². The van der Waals surface area contributed by atoms with Crippen molar-refractivity contribution in [3.63, 3.8) is 0 Å². The molecule has 6 nitrogen and oxygen atoms in total. The van der Waals surface area contributed by atoms with Gasteiger partial charge < -0.3 is 9.30 Å². The number of ether oxygens (including phenoxy) is 1. The Morgan fingerprint density at radius 1 is 1.14 bits per heavy atom. The molecular weight excluding hydrogens is 364 g/mol. The zero-order valence-electron chi connectivity index (χ0n) is 16.8. The molecule has 3 aromatic rings. The highest BCUT2D eigenvalue weighted by Crippen LogP contribution is 2.31. The number of hydrogen-bond acceptors (Lipinski definition) is 4. The molecule has 1 aromatic carbocycles. The first-order chi connectivity index (χ1) is 14.1. The Morgan fingerprint density at radius 2 is 1.86 bits per heavy atom. The highest BCUT2D eigenvalue weighted by Gasteiger charge is 2.24. The molecule has 3 heterocycles. The van der Waals surface area contributed by atoms with Gasteiger partial charge in [-0.3, -0.25) is 9.69 Å². The summed E-state index contributed by atoms with van der Waals surface area (Å²) in [4.78, 5) is 23.6. The van der Waals surface area contributed by atoms with Crippen molar-refractivity contribution in [1.29, 1.82) is 0 Å². The number of likely N-dealkylation sites (tertiary alicyclic amines) is 1. The first-order valence-electron chi connectivity index (χ1n) is 9.92. The third-order valence-corrected chi connectivity index (χ3v) is 5.56. The lowest BCUT2D eigenvalue weighted by molar-refractivity contribution is 0.0916. The third kappa shape index (κ3) is 3.62. The van der Waals surface area contributed by atoms with E-state index in [0.717, 1.165) is 42.8 Å². The van der Waals surface area contributed by atoms with Crippen molar-refractivity contribution < 1.29 is 9.53 Å². The van der Waals surface area contributed by atoms with E-state index < -0.39 is 0 Å². The van der Waals surface area contributed by atoms with Crippen molar-refractivity contribution in [2.45, 2.75) is 26.2 Å². The van der Waals surface area contributed by atoms with Gasteiger partial charge in [0, 0.05) is 17.4 Å². The second-order valence-electron chi connectivity index (χ2n) is 7.41. The number of ketones is 1. The molecule has 0 bridgehead atoms. The smallest absolute Gasteiger partial charge is 0.213 e. The van der Waals surface area contributed by atoms with E-state index in [1.165, 1.54) is 6.42 Å². The molecule has 1 saturated heterocycles. The lowest BCUT2D eigenvalue weighted by Gasteiger charge is -2.25. The van der Waals surface area contributed by atoms with Crippen molar-refractivity contribution in [1.82, 2.24) is 14.5 Å². The summed E-state index contributed by atoms with van der Waals surface area (Å²) in [7, 11) is 1.58. The molecule has 0 spiro atoms. The number of fused-ring (bicyclic) bond motifs is 1. The zero-order valence-corrected chi connectivity index (χ0v) is 16.8. The van der Waals surface area contributed by atoms with E-state index in [-0.39, 0.29) is 5.78 Å². The zero-order chi connectivity index (χ0) is 20.4. The number of nitrogens with zero attached hydrogens (tertiary/aromatic N) is 4. The number of Topliss-reactive ketones (excluding diaryl/α,β-unsaturated/α-hetero) is 1. The second kappa shape index (κ2) is 8.06. The van der Waals surface area contributed by atoms with E-state index in [2.05, 4.69) is 14.7 Å². The minimum atomic E-state index is 0.0895. The molecule has 0 atom stereocenters. The highest BCUT2D eigenvalue weighted by molar-refractivity contribution is 6.09. The van der Waals surface area contributed by atoms with Crippen LogP contribution in [-0.2, 0) is 0 Å². The number of carbonyl (C=O) groups is 1. The molecule has 0 N–H and O–H groups in total. The van der Waals surface area contributed by atoms with Gasteiger partial charge >= 0.3 is 0 Å². The number of piperidine rings is 1. The highest BCUT2D eigenvalue weighted by atomic mass is 16.5. The second-order valence-corrected chi connectivity index (χ2v) is 7.41. The van der Waals surface area contributed by atoms with Crippen molar-refractivity contribution in [2.75, 3.05) is 26.7 Å². The summed E-state index contributed by atoms with van der Waals surface area (Å²) in [5.41, 5.74) is 4.53. The number of hydrogen-bond donors (Lipinski definition) is 0. The van der Waals surface area contributed by atoms with E-state index in [4.69, 9.17) is 11.3 Å². The van der Waals surface area contributed by atoms with Crippen molar-refractivity contribution >= 4 is 22.5 Å². The summed E-state index contributed by atoms with van der Waals surface area (Å²) < 4.78 is 7.36. The molecular formula is C23H24N4O2. The quantitative estimate of drug-likeness (QED) is 0.475. The summed E-state index contributed by atoms with van der Waals surface area (Å²) in [6.45, 7) is 11.5.